The number of hydrogen-bond donors (Lipinski definition) is 0. The highest BCUT2D eigenvalue weighted by molar-refractivity contribution is 8.58. The minimum Gasteiger partial charge on any atom is -0.278 e. The van der Waals surface area contributed by atoms with Gasteiger partial charge in [0.05, 0.1) is 5.25 Å². The molecule has 0 bridgehead atoms. The quantitative estimate of drug-likeness (QED) is 0.589. The van der Waals surface area contributed by atoms with Gasteiger partial charge in [-0.3, -0.25) is 9.01 Å². The van der Waals surface area contributed by atoms with E-state index in [4.69, 9.17) is 0 Å². The molecule has 0 saturated heterocycles. The molecule has 1 amide bonds. The summed E-state index contributed by atoms with van der Waals surface area (Å²) >= 11 is 1.28. The van der Waals surface area contributed by atoms with Crippen molar-refractivity contribution in [3.8, 4) is 0 Å². The number of amides is 1. The number of hydrogen-bond acceptors (Lipinski definition) is 4. The molecule has 1 atom stereocenters. The highest BCUT2D eigenvalue weighted by atomic mass is 32.7. The van der Waals surface area contributed by atoms with Crippen LogP contribution in [0.3, 0.4) is 0 Å². The first-order chi connectivity index (χ1) is 8.50. The first-order valence-electron chi connectivity index (χ1n) is 6.34. The van der Waals surface area contributed by atoms with Crippen molar-refractivity contribution in [3.05, 3.63) is 0 Å². The second-order valence-corrected chi connectivity index (χ2v) is 8.40. The number of carbonyl (C=O) groups excluding carboxylic acids is 1. The monoisotopic (exact) mass is 309 g/mol. The second kappa shape index (κ2) is 7.76. The third-order valence-electron chi connectivity index (χ3n) is 3.32. The number of carbonyl (C=O) groups is 1. The van der Waals surface area contributed by atoms with Crippen molar-refractivity contribution in [3.63, 3.8) is 0 Å². The van der Waals surface area contributed by atoms with E-state index in [2.05, 4.69) is 8.44 Å². The Kier molecular flexibility index (Phi) is 7.03. The highest BCUT2D eigenvalue weighted by Crippen LogP contribution is 2.26. The van der Waals surface area contributed by atoms with Crippen molar-refractivity contribution in [1.29, 1.82) is 0 Å². The van der Waals surface area contributed by atoms with Crippen LogP contribution < -0.4 is 0 Å². The van der Waals surface area contributed by atoms with E-state index in [0.29, 0.717) is 12.8 Å². The predicted octanol–water partition coefficient (Wildman–Crippen LogP) is 2.07. The lowest BCUT2D eigenvalue weighted by molar-refractivity contribution is -0.121. The summed E-state index contributed by atoms with van der Waals surface area (Å²) in [5.41, 5.74) is 0. The van der Waals surface area contributed by atoms with E-state index in [1.165, 1.54) is 24.6 Å². The van der Waals surface area contributed by atoms with Gasteiger partial charge in [0.15, 0.2) is 0 Å². The van der Waals surface area contributed by atoms with E-state index < -0.39 is 10.0 Å². The van der Waals surface area contributed by atoms with E-state index in [1.807, 2.05) is 0 Å². The maximum Gasteiger partial charge on any atom is 0.329 e. The van der Waals surface area contributed by atoms with Gasteiger partial charge in [-0.05, 0) is 12.8 Å². The molecule has 1 saturated carbocycles. The van der Waals surface area contributed by atoms with Crippen LogP contribution in [0.15, 0.2) is 0 Å². The van der Waals surface area contributed by atoms with Gasteiger partial charge in [-0.1, -0.05) is 40.5 Å². The molecule has 0 heterocycles. The van der Waals surface area contributed by atoms with Crippen molar-refractivity contribution < 1.29 is 13.2 Å². The zero-order valence-electron chi connectivity index (χ0n) is 10.8. The zero-order valence-corrected chi connectivity index (χ0v) is 13.6. The van der Waals surface area contributed by atoms with Crippen LogP contribution in [0.1, 0.15) is 51.9 Å². The van der Waals surface area contributed by atoms with Gasteiger partial charge in [-0.2, -0.15) is 11.2 Å². The van der Waals surface area contributed by atoms with Gasteiger partial charge in [-0.15, -0.1) is 0 Å². The fourth-order valence-corrected chi connectivity index (χ4v) is 5.81. The molecule has 1 rings (SSSR count). The number of nitrogens with zero attached hydrogens (tertiary/aromatic N) is 1. The Balaban J connectivity index is 2.83. The van der Waals surface area contributed by atoms with Crippen LogP contribution in [0.4, 0.5) is 0 Å². The molecule has 1 fully saturated rings. The number of rotatable bonds is 4. The van der Waals surface area contributed by atoms with Crippen LogP contribution in [-0.4, -0.2) is 30.5 Å². The molecular formula is C10H21BNO3PS2. The first-order valence-corrected chi connectivity index (χ1v) is 10.3. The lowest BCUT2D eigenvalue weighted by Gasteiger charge is -2.27. The van der Waals surface area contributed by atoms with E-state index in [9.17, 15) is 13.2 Å². The van der Waals surface area contributed by atoms with Crippen LogP contribution in [0.2, 0.25) is 0 Å². The average molecular weight is 309 g/mol. The molecule has 0 aromatic carbocycles. The molecule has 0 aromatic rings. The molecule has 1 unspecified atom stereocenters. The fourth-order valence-electron chi connectivity index (χ4n) is 2.31. The highest BCUT2D eigenvalue weighted by Gasteiger charge is 2.33. The number of sulfonamides is 1. The molecule has 8 heteroatoms. The minimum atomic E-state index is -3.48. The van der Waals surface area contributed by atoms with Crippen LogP contribution in [0.25, 0.3) is 0 Å². The van der Waals surface area contributed by atoms with Crippen LogP contribution >= 0.6 is 19.7 Å². The Hall–Kier alpha value is 0.265. The van der Waals surface area contributed by atoms with E-state index in [1.54, 1.807) is 0 Å². The molecule has 0 radical (unpaired) electrons. The van der Waals surface area contributed by atoms with Crippen molar-refractivity contribution in [2.75, 3.05) is 0 Å². The summed E-state index contributed by atoms with van der Waals surface area (Å²) in [4.78, 5) is 11.5. The van der Waals surface area contributed by atoms with Gasteiger partial charge in [-0.25, -0.2) is 8.42 Å². The van der Waals surface area contributed by atoms with Gasteiger partial charge in [0.1, 0.15) is 0 Å². The normalized spacial score (nSPS) is 18.8. The van der Waals surface area contributed by atoms with Gasteiger partial charge in [0, 0.05) is 6.92 Å². The second-order valence-electron chi connectivity index (χ2n) is 4.68. The van der Waals surface area contributed by atoms with Crippen LogP contribution in [-0.2, 0) is 14.8 Å². The standard InChI is InChI=1S/C10H21BNO3PS2/c1-9(13)12(11-17-16)18(14,15)10-7-5-3-2-4-6-8-10/h10-11H,2-8,16H2,1H3. The van der Waals surface area contributed by atoms with Gasteiger partial charge in [0.25, 0.3) is 0 Å². The Morgan fingerprint density at radius 2 is 1.72 bits per heavy atom. The van der Waals surface area contributed by atoms with Crippen LogP contribution in [0, 0.1) is 0 Å². The summed E-state index contributed by atoms with van der Waals surface area (Å²) in [7, 11) is -1.08. The van der Waals surface area contributed by atoms with Crippen molar-refractivity contribution in [2.45, 2.75) is 57.1 Å². The molecule has 0 aliphatic heterocycles. The summed E-state index contributed by atoms with van der Waals surface area (Å²) in [5.74, 6) is -0.382. The molecule has 1 aliphatic carbocycles. The topological polar surface area (TPSA) is 54.5 Å². The lowest BCUT2D eigenvalue weighted by atomic mass is 10.0. The average Bonchev–Trinajstić information content (AvgIpc) is 2.23. The maximum absolute atomic E-state index is 12.5. The van der Waals surface area contributed by atoms with E-state index in [0.717, 1.165) is 29.9 Å². The zero-order chi connectivity index (χ0) is 13.6. The Labute approximate surface area is 117 Å². The smallest absolute Gasteiger partial charge is 0.278 e. The Morgan fingerprint density at radius 3 is 2.17 bits per heavy atom. The SMILES string of the molecule is CC(=O)N(BSP)S(=O)(=O)C1CCCCCCC1. The molecule has 1 aliphatic rings. The molecular weight excluding hydrogens is 288 g/mol. The molecule has 4 nitrogen and oxygen atoms in total. The predicted molar refractivity (Wildman–Crippen MR) is 82.0 cm³/mol. The third kappa shape index (κ3) is 4.43. The van der Waals surface area contributed by atoms with E-state index in [-0.39, 0.29) is 17.9 Å². The maximum atomic E-state index is 12.5. The van der Waals surface area contributed by atoms with Crippen molar-refractivity contribution in [1.82, 2.24) is 4.22 Å². The summed E-state index contributed by atoms with van der Waals surface area (Å²) in [6.45, 7) is 1.51. The molecule has 0 aromatic heterocycles. The first kappa shape index (κ1) is 16.3. The molecule has 0 N–H and O–H groups in total. The molecule has 104 valence electrons. The minimum absolute atomic E-state index is 0.193. The molecule has 0 spiro atoms. The summed E-state index contributed by atoms with van der Waals surface area (Å²) in [5, 5.41) is -0.376. The lowest BCUT2D eigenvalue weighted by Crippen LogP contribution is -2.43. The molecule has 18 heavy (non-hydrogen) atoms. The van der Waals surface area contributed by atoms with Crippen molar-refractivity contribution in [2.24, 2.45) is 0 Å². The van der Waals surface area contributed by atoms with E-state index >= 15 is 0 Å². The Bertz CT molecular complexity index is 369. The van der Waals surface area contributed by atoms with Crippen LogP contribution in [0.5, 0.6) is 0 Å². The van der Waals surface area contributed by atoms with Gasteiger partial charge >= 0.3 is 6.69 Å². The largest absolute Gasteiger partial charge is 0.329 e. The third-order valence-corrected chi connectivity index (χ3v) is 6.66. The summed E-state index contributed by atoms with van der Waals surface area (Å²) in [6.07, 6.45) is 6.67. The summed E-state index contributed by atoms with van der Waals surface area (Å²) < 4.78 is 26.0. The van der Waals surface area contributed by atoms with Gasteiger partial charge < -0.3 is 0 Å². The van der Waals surface area contributed by atoms with Crippen molar-refractivity contribution >= 4 is 42.3 Å². The summed E-state index contributed by atoms with van der Waals surface area (Å²) in [6, 6.07) is 0. The Morgan fingerprint density at radius 1 is 1.22 bits per heavy atom. The van der Waals surface area contributed by atoms with Gasteiger partial charge in [0.2, 0.25) is 15.9 Å². The fraction of sp³-hybridized carbons (Fsp3) is 0.900.